The maximum absolute atomic E-state index is 10.8. The summed E-state index contributed by atoms with van der Waals surface area (Å²) in [5, 5.41) is 8.83. The summed E-state index contributed by atoms with van der Waals surface area (Å²) in [5.74, 6) is -1.64. The van der Waals surface area contributed by atoms with Gasteiger partial charge in [0.05, 0.1) is 0 Å². The molecule has 0 heterocycles. The lowest BCUT2D eigenvalue weighted by molar-refractivity contribution is -0.176. The van der Waals surface area contributed by atoms with E-state index in [4.69, 9.17) is 9.84 Å². The van der Waals surface area contributed by atoms with E-state index in [2.05, 4.69) is 0 Å². The summed E-state index contributed by atoms with van der Waals surface area (Å²) in [5.41, 5.74) is -1.36. The SMILES string of the molecule is CCCCC(C)(OC(C)=O)C(=O)O. The van der Waals surface area contributed by atoms with Gasteiger partial charge in [-0.1, -0.05) is 13.3 Å². The Bertz CT molecular complexity index is 200. The fourth-order valence-electron chi connectivity index (χ4n) is 1.03. The Morgan fingerprint density at radius 2 is 2.00 bits per heavy atom. The summed E-state index contributed by atoms with van der Waals surface area (Å²) in [4.78, 5) is 21.4. The number of ether oxygens (including phenoxy) is 1. The van der Waals surface area contributed by atoms with Gasteiger partial charge in [0.25, 0.3) is 0 Å². The molecular formula is C9H16O4. The largest absolute Gasteiger partial charge is 0.478 e. The van der Waals surface area contributed by atoms with Gasteiger partial charge >= 0.3 is 11.9 Å². The fourth-order valence-corrected chi connectivity index (χ4v) is 1.03. The molecule has 0 saturated heterocycles. The average molecular weight is 188 g/mol. The van der Waals surface area contributed by atoms with Gasteiger partial charge in [-0.2, -0.15) is 0 Å². The number of carbonyl (C=O) groups excluding carboxylic acids is 1. The van der Waals surface area contributed by atoms with E-state index in [0.29, 0.717) is 6.42 Å². The van der Waals surface area contributed by atoms with Crippen molar-refractivity contribution < 1.29 is 19.4 Å². The maximum atomic E-state index is 10.8. The summed E-state index contributed by atoms with van der Waals surface area (Å²) in [6, 6.07) is 0. The Morgan fingerprint density at radius 3 is 2.31 bits per heavy atom. The van der Waals surface area contributed by atoms with E-state index in [-0.39, 0.29) is 0 Å². The summed E-state index contributed by atoms with van der Waals surface area (Å²) < 4.78 is 4.76. The molecule has 0 aromatic rings. The number of esters is 1. The summed E-state index contributed by atoms with van der Waals surface area (Å²) in [7, 11) is 0. The van der Waals surface area contributed by atoms with Crippen LogP contribution in [0, 0.1) is 0 Å². The van der Waals surface area contributed by atoms with Gasteiger partial charge in [-0.05, 0) is 19.8 Å². The van der Waals surface area contributed by atoms with Crippen molar-refractivity contribution in [3.05, 3.63) is 0 Å². The minimum Gasteiger partial charge on any atom is -0.478 e. The number of carbonyl (C=O) groups is 2. The second-order valence-corrected chi connectivity index (χ2v) is 3.23. The Balaban J connectivity index is 4.34. The van der Waals surface area contributed by atoms with Crippen LogP contribution in [0.25, 0.3) is 0 Å². The molecule has 0 aromatic carbocycles. The number of unbranched alkanes of at least 4 members (excludes halogenated alkanes) is 1. The summed E-state index contributed by atoms with van der Waals surface area (Å²) in [6.07, 6.45) is 1.97. The van der Waals surface area contributed by atoms with Crippen molar-refractivity contribution >= 4 is 11.9 Å². The Kier molecular flexibility index (Phi) is 4.45. The van der Waals surface area contributed by atoms with Crippen LogP contribution in [0.5, 0.6) is 0 Å². The first-order chi connectivity index (χ1) is 5.92. The lowest BCUT2D eigenvalue weighted by Gasteiger charge is -2.23. The van der Waals surface area contributed by atoms with E-state index in [0.717, 1.165) is 12.8 Å². The molecule has 0 aliphatic rings. The molecular weight excluding hydrogens is 172 g/mol. The van der Waals surface area contributed by atoms with Gasteiger partial charge in [0.2, 0.25) is 5.60 Å². The number of rotatable bonds is 5. The molecule has 0 saturated carbocycles. The number of carboxylic acids is 1. The first kappa shape index (κ1) is 11.9. The number of hydrogen-bond acceptors (Lipinski definition) is 3. The molecule has 0 amide bonds. The second-order valence-electron chi connectivity index (χ2n) is 3.23. The van der Waals surface area contributed by atoms with Gasteiger partial charge in [0.15, 0.2) is 0 Å². The van der Waals surface area contributed by atoms with E-state index < -0.39 is 17.5 Å². The van der Waals surface area contributed by atoms with Crippen molar-refractivity contribution in [2.45, 2.75) is 45.6 Å². The van der Waals surface area contributed by atoms with Gasteiger partial charge in [-0.25, -0.2) is 4.79 Å². The van der Waals surface area contributed by atoms with Crippen LogP contribution in [-0.2, 0) is 14.3 Å². The van der Waals surface area contributed by atoms with Crippen molar-refractivity contribution in [2.24, 2.45) is 0 Å². The van der Waals surface area contributed by atoms with Gasteiger partial charge in [-0.3, -0.25) is 4.79 Å². The molecule has 0 aliphatic heterocycles. The monoisotopic (exact) mass is 188 g/mol. The smallest absolute Gasteiger partial charge is 0.347 e. The third-order valence-corrected chi connectivity index (χ3v) is 1.83. The van der Waals surface area contributed by atoms with Crippen LogP contribution in [0.2, 0.25) is 0 Å². The lowest BCUT2D eigenvalue weighted by atomic mass is 9.99. The van der Waals surface area contributed by atoms with Crippen molar-refractivity contribution in [1.29, 1.82) is 0 Å². The number of carboxylic acid groups (broad SMARTS) is 1. The first-order valence-electron chi connectivity index (χ1n) is 4.35. The highest BCUT2D eigenvalue weighted by Crippen LogP contribution is 2.19. The Morgan fingerprint density at radius 1 is 1.46 bits per heavy atom. The molecule has 0 bridgehead atoms. The molecule has 0 fully saturated rings. The molecule has 0 rings (SSSR count). The Labute approximate surface area is 77.9 Å². The molecule has 1 atom stereocenters. The molecule has 13 heavy (non-hydrogen) atoms. The van der Waals surface area contributed by atoms with Crippen LogP contribution < -0.4 is 0 Å². The summed E-state index contributed by atoms with van der Waals surface area (Å²) >= 11 is 0. The molecule has 1 unspecified atom stereocenters. The molecule has 4 heteroatoms. The van der Waals surface area contributed by atoms with Gasteiger partial charge in [0, 0.05) is 6.92 Å². The zero-order valence-corrected chi connectivity index (χ0v) is 8.29. The van der Waals surface area contributed by atoms with E-state index >= 15 is 0 Å². The molecule has 76 valence electrons. The predicted octanol–water partition coefficient (Wildman–Crippen LogP) is 1.58. The van der Waals surface area contributed by atoms with Crippen molar-refractivity contribution in [3.63, 3.8) is 0 Å². The van der Waals surface area contributed by atoms with Crippen LogP contribution in [0.1, 0.15) is 40.0 Å². The van der Waals surface area contributed by atoms with Crippen LogP contribution in [0.4, 0.5) is 0 Å². The van der Waals surface area contributed by atoms with E-state index in [9.17, 15) is 9.59 Å². The maximum Gasteiger partial charge on any atom is 0.347 e. The van der Waals surface area contributed by atoms with Crippen molar-refractivity contribution in [1.82, 2.24) is 0 Å². The molecule has 1 N–H and O–H groups in total. The molecule has 0 spiro atoms. The van der Waals surface area contributed by atoms with Crippen LogP contribution in [0.3, 0.4) is 0 Å². The van der Waals surface area contributed by atoms with Crippen LogP contribution in [-0.4, -0.2) is 22.6 Å². The van der Waals surface area contributed by atoms with Gasteiger partial charge in [0.1, 0.15) is 0 Å². The minimum absolute atomic E-state index is 0.360. The molecule has 4 nitrogen and oxygen atoms in total. The standard InChI is InChI=1S/C9H16O4/c1-4-5-6-9(3,8(11)12)13-7(2)10/h4-6H2,1-3H3,(H,11,12). The zero-order chi connectivity index (χ0) is 10.5. The average Bonchev–Trinajstić information content (AvgIpc) is 1.99. The summed E-state index contributed by atoms with van der Waals surface area (Å²) in [6.45, 7) is 4.59. The third-order valence-electron chi connectivity index (χ3n) is 1.83. The van der Waals surface area contributed by atoms with Crippen LogP contribution in [0.15, 0.2) is 0 Å². The topological polar surface area (TPSA) is 63.6 Å². The van der Waals surface area contributed by atoms with Crippen LogP contribution >= 0.6 is 0 Å². The highest BCUT2D eigenvalue weighted by Gasteiger charge is 2.35. The highest BCUT2D eigenvalue weighted by atomic mass is 16.6. The number of hydrogen-bond donors (Lipinski definition) is 1. The first-order valence-corrected chi connectivity index (χ1v) is 4.35. The zero-order valence-electron chi connectivity index (χ0n) is 8.29. The van der Waals surface area contributed by atoms with Gasteiger partial charge < -0.3 is 9.84 Å². The van der Waals surface area contributed by atoms with Crippen molar-refractivity contribution in [3.8, 4) is 0 Å². The number of aliphatic carboxylic acids is 1. The lowest BCUT2D eigenvalue weighted by Crippen LogP contribution is -2.39. The molecule has 0 radical (unpaired) electrons. The Hall–Kier alpha value is -1.06. The predicted molar refractivity (Wildman–Crippen MR) is 47.3 cm³/mol. The molecule has 0 aliphatic carbocycles. The van der Waals surface area contributed by atoms with Crippen molar-refractivity contribution in [2.75, 3.05) is 0 Å². The molecule has 0 aromatic heterocycles. The highest BCUT2D eigenvalue weighted by molar-refractivity contribution is 5.80. The quantitative estimate of drug-likeness (QED) is 0.665. The fraction of sp³-hybridized carbons (Fsp3) is 0.778. The van der Waals surface area contributed by atoms with Gasteiger partial charge in [-0.15, -0.1) is 0 Å². The van der Waals surface area contributed by atoms with E-state index in [1.165, 1.54) is 13.8 Å². The second kappa shape index (κ2) is 4.84. The minimum atomic E-state index is -1.36. The van der Waals surface area contributed by atoms with E-state index in [1.54, 1.807) is 0 Å². The van der Waals surface area contributed by atoms with E-state index in [1.807, 2.05) is 6.92 Å². The third kappa shape index (κ3) is 3.92. The normalized spacial score (nSPS) is 14.7.